The number of carbonyl (C=O) groups excluding carboxylic acids is 1. The molecule has 1 saturated heterocycles. The van der Waals surface area contributed by atoms with E-state index in [1.54, 1.807) is 6.20 Å². The third-order valence-corrected chi connectivity index (χ3v) is 3.66. The first-order valence-electron chi connectivity index (χ1n) is 6.32. The van der Waals surface area contributed by atoms with Gasteiger partial charge in [-0.2, -0.15) is 0 Å². The SMILES string of the molecule is Cl.Cl.O=C(Nc1nc(-c2ccccn2)cs1)C1COCCN1. The summed E-state index contributed by atoms with van der Waals surface area (Å²) in [5.41, 5.74) is 1.56. The number of aromatic nitrogens is 2. The second-order valence-corrected chi connectivity index (χ2v) is 5.18. The number of hydrogen-bond acceptors (Lipinski definition) is 6. The average molecular weight is 363 g/mol. The molecule has 1 atom stereocenters. The molecule has 1 aliphatic rings. The second-order valence-electron chi connectivity index (χ2n) is 4.32. The molecule has 2 N–H and O–H groups in total. The van der Waals surface area contributed by atoms with Crippen molar-refractivity contribution in [3.05, 3.63) is 29.8 Å². The van der Waals surface area contributed by atoms with E-state index >= 15 is 0 Å². The van der Waals surface area contributed by atoms with E-state index in [1.807, 2.05) is 23.6 Å². The summed E-state index contributed by atoms with van der Waals surface area (Å²) in [7, 11) is 0. The number of hydrogen-bond donors (Lipinski definition) is 2. The van der Waals surface area contributed by atoms with Crippen molar-refractivity contribution in [2.45, 2.75) is 6.04 Å². The van der Waals surface area contributed by atoms with E-state index in [2.05, 4.69) is 20.6 Å². The number of morpholine rings is 1. The first-order chi connectivity index (χ1) is 9.83. The molecule has 1 aliphatic heterocycles. The highest BCUT2D eigenvalue weighted by Gasteiger charge is 2.22. The van der Waals surface area contributed by atoms with Gasteiger partial charge in [0.1, 0.15) is 11.7 Å². The van der Waals surface area contributed by atoms with Crippen LogP contribution in [0.25, 0.3) is 11.4 Å². The normalized spacial score (nSPS) is 17.0. The first kappa shape index (κ1) is 18.8. The lowest BCUT2D eigenvalue weighted by molar-refractivity contribution is -0.120. The molecule has 22 heavy (non-hydrogen) atoms. The minimum absolute atomic E-state index is 0. The molecule has 0 aromatic carbocycles. The lowest BCUT2D eigenvalue weighted by Crippen LogP contribution is -2.48. The monoisotopic (exact) mass is 362 g/mol. The number of ether oxygens (including phenoxy) is 1. The number of halogens is 2. The van der Waals surface area contributed by atoms with Crippen molar-refractivity contribution in [2.24, 2.45) is 0 Å². The van der Waals surface area contributed by atoms with Gasteiger partial charge < -0.3 is 15.4 Å². The first-order valence-corrected chi connectivity index (χ1v) is 7.20. The Morgan fingerprint density at radius 3 is 2.91 bits per heavy atom. The van der Waals surface area contributed by atoms with Crippen LogP contribution in [0, 0.1) is 0 Å². The van der Waals surface area contributed by atoms with Crippen LogP contribution in [0.3, 0.4) is 0 Å². The zero-order valence-corrected chi connectivity index (χ0v) is 14.0. The number of carbonyl (C=O) groups is 1. The Morgan fingerprint density at radius 1 is 1.36 bits per heavy atom. The number of rotatable bonds is 3. The standard InChI is InChI=1S/C13H14N4O2S.2ClH/c18-12(10-7-19-6-5-15-10)17-13-16-11(8-20-13)9-3-1-2-4-14-9;;/h1-4,8,10,15H,5-7H2,(H,16,17,18);2*1H. The van der Waals surface area contributed by atoms with E-state index in [-0.39, 0.29) is 36.8 Å². The fourth-order valence-corrected chi connectivity index (χ4v) is 2.60. The van der Waals surface area contributed by atoms with Gasteiger partial charge in [-0.25, -0.2) is 4.98 Å². The van der Waals surface area contributed by atoms with E-state index in [1.165, 1.54) is 11.3 Å². The smallest absolute Gasteiger partial charge is 0.245 e. The molecule has 1 amide bonds. The molecule has 0 radical (unpaired) electrons. The third-order valence-electron chi connectivity index (χ3n) is 2.90. The second kappa shape index (κ2) is 9.02. The van der Waals surface area contributed by atoms with Crippen LogP contribution in [0.2, 0.25) is 0 Å². The number of nitrogens with one attached hydrogen (secondary N) is 2. The maximum atomic E-state index is 12.0. The van der Waals surface area contributed by atoms with Gasteiger partial charge in [0, 0.05) is 18.1 Å². The van der Waals surface area contributed by atoms with Gasteiger partial charge in [-0.1, -0.05) is 6.07 Å². The van der Waals surface area contributed by atoms with Crippen LogP contribution in [0.5, 0.6) is 0 Å². The van der Waals surface area contributed by atoms with Crippen LogP contribution in [-0.2, 0) is 9.53 Å². The van der Waals surface area contributed by atoms with Crippen molar-refractivity contribution in [3.63, 3.8) is 0 Å². The Bertz CT molecular complexity index is 591. The zero-order valence-electron chi connectivity index (χ0n) is 11.5. The van der Waals surface area contributed by atoms with E-state index in [0.29, 0.717) is 24.9 Å². The fourth-order valence-electron chi connectivity index (χ4n) is 1.89. The van der Waals surface area contributed by atoms with Crippen LogP contribution in [-0.4, -0.2) is 41.7 Å². The molecular formula is C13H16Cl2N4O2S. The van der Waals surface area contributed by atoms with Gasteiger partial charge in [-0.15, -0.1) is 36.2 Å². The summed E-state index contributed by atoms with van der Waals surface area (Å²) in [5, 5.41) is 8.36. The molecular weight excluding hydrogens is 347 g/mol. The highest BCUT2D eigenvalue weighted by Crippen LogP contribution is 2.23. The molecule has 1 fully saturated rings. The van der Waals surface area contributed by atoms with Crippen LogP contribution < -0.4 is 10.6 Å². The Balaban J connectivity index is 0.00000121. The van der Waals surface area contributed by atoms with Crippen molar-refractivity contribution in [1.82, 2.24) is 15.3 Å². The molecule has 0 saturated carbocycles. The molecule has 2 aromatic heterocycles. The molecule has 120 valence electrons. The largest absolute Gasteiger partial charge is 0.378 e. The average Bonchev–Trinajstić information content (AvgIpc) is 2.97. The summed E-state index contributed by atoms with van der Waals surface area (Å²) in [6.07, 6.45) is 1.72. The van der Waals surface area contributed by atoms with Crippen LogP contribution in [0.1, 0.15) is 0 Å². The molecule has 1 unspecified atom stereocenters. The topological polar surface area (TPSA) is 76.1 Å². The Hall–Kier alpha value is -1.25. The number of anilines is 1. The van der Waals surface area contributed by atoms with Gasteiger partial charge >= 0.3 is 0 Å². The zero-order chi connectivity index (χ0) is 13.8. The molecule has 0 aliphatic carbocycles. The van der Waals surface area contributed by atoms with Gasteiger partial charge in [-0.3, -0.25) is 9.78 Å². The van der Waals surface area contributed by atoms with Gasteiger partial charge in [0.25, 0.3) is 0 Å². The minimum atomic E-state index is -0.314. The Morgan fingerprint density at radius 2 is 2.23 bits per heavy atom. The molecule has 0 spiro atoms. The van der Waals surface area contributed by atoms with Crippen molar-refractivity contribution in [1.29, 1.82) is 0 Å². The summed E-state index contributed by atoms with van der Waals surface area (Å²) in [6.45, 7) is 1.73. The number of thiazole rings is 1. The summed E-state index contributed by atoms with van der Waals surface area (Å²) >= 11 is 1.39. The molecule has 9 heteroatoms. The van der Waals surface area contributed by atoms with Crippen LogP contribution in [0.4, 0.5) is 5.13 Å². The predicted molar refractivity (Wildman–Crippen MR) is 91.1 cm³/mol. The molecule has 3 heterocycles. The molecule has 3 rings (SSSR count). The molecule has 6 nitrogen and oxygen atoms in total. The third kappa shape index (κ3) is 4.62. The lowest BCUT2D eigenvalue weighted by Gasteiger charge is -2.22. The van der Waals surface area contributed by atoms with Crippen molar-refractivity contribution < 1.29 is 9.53 Å². The highest BCUT2D eigenvalue weighted by atomic mass is 35.5. The predicted octanol–water partition coefficient (Wildman–Crippen LogP) is 1.98. The summed E-state index contributed by atoms with van der Waals surface area (Å²) in [5.74, 6) is -0.119. The van der Waals surface area contributed by atoms with E-state index in [9.17, 15) is 4.79 Å². The van der Waals surface area contributed by atoms with Crippen LogP contribution >= 0.6 is 36.2 Å². The number of pyridine rings is 1. The summed E-state index contributed by atoms with van der Waals surface area (Å²) in [6, 6.07) is 5.33. The van der Waals surface area contributed by atoms with E-state index in [4.69, 9.17) is 4.74 Å². The van der Waals surface area contributed by atoms with Crippen molar-refractivity contribution >= 4 is 47.2 Å². The number of nitrogens with zero attached hydrogens (tertiary/aromatic N) is 2. The van der Waals surface area contributed by atoms with Crippen LogP contribution in [0.15, 0.2) is 29.8 Å². The van der Waals surface area contributed by atoms with E-state index in [0.717, 1.165) is 11.4 Å². The highest BCUT2D eigenvalue weighted by molar-refractivity contribution is 7.14. The number of amides is 1. The minimum Gasteiger partial charge on any atom is -0.378 e. The fraction of sp³-hybridized carbons (Fsp3) is 0.308. The Labute approximate surface area is 144 Å². The van der Waals surface area contributed by atoms with E-state index < -0.39 is 0 Å². The maximum Gasteiger partial charge on any atom is 0.245 e. The molecule has 0 bridgehead atoms. The lowest BCUT2D eigenvalue weighted by atomic mass is 10.2. The quantitative estimate of drug-likeness (QED) is 0.872. The van der Waals surface area contributed by atoms with Gasteiger partial charge in [0.05, 0.1) is 18.9 Å². The van der Waals surface area contributed by atoms with Gasteiger partial charge in [0.15, 0.2) is 5.13 Å². The van der Waals surface area contributed by atoms with Crippen molar-refractivity contribution in [3.8, 4) is 11.4 Å². The van der Waals surface area contributed by atoms with Gasteiger partial charge in [0.2, 0.25) is 5.91 Å². The molecule has 2 aromatic rings. The maximum absolute atomic E-state index is 12.0. The van der Waals surface area contributed by atoms with Gasteiger partial charge in [-0.05, 0) is 12.1 Å². The van der Waals surface area contributed by atoms with Crippen molar-refractivity contribution in [2.75, 3.05) is 25.1 Å². The summed E-state index contributed by atoms with van der Waals surface area (Å²) in [4.78, 5) is 20.6. The Kier molecular flexibility index (Phi) is 7.70. The summed E-state index contributed by atoms with van der Waals surface area (Å²) < 4.78 is 5.27.